The van der Waals surface area contributed by atoms with Gasteiger partial charge in [-0.3, -0.25) is 4.79 Å². The van der Waals surface area contributed by atoms with Crippen molar-refractivity contribution in [2.45, 2.75) is 36.9 Å². The molecule has 0 saturated carbocycles. The number of para-hydroxylation sites is 1. The van der Waals surface area contributed by atoms with Crippen molar-refractivity contribution >= 4 is 27.7 Å². The summed E-state index contributed by atoms with van der Waals surface area (Å²) >= 11 is 0. The minimum atomic E-state index is -3.57. The third-order valence-corrected chi connectivity index (χ3v) is 10.4. The van der Waals surface area contributed by atoms with Gasteiger partial charge in [-0.2, -0.15) is 4.31 Å². The number of piperazine rings is 1. The molecule has 252 valence electrons. The van der Waals surface area contributed by atoms with Crippen molar-refractivity contribution in [3.63, 3.8) is 0 Å². The number of carbonyl (C=O) groups is 2. The molecule has 2 aliphatic rings. The number of halogens is 4. The Morgan fingerprint density at radius 3 is 2.34 bits per heavy atom. The number of methoxy groups -OCH3 is 1. The fraction of sp³-hybridized carbons (Fsp3) is 0.375. The molecule has 2 saturated heterocycles. The van der Waals surface area contributed by atoms with Crippen molar-refractivity contribution in [3.8, 4) is 5.75 Å². The van der Waals surface area contributed by atoms with E-state index in [9.17, 15) is 31.2 Å². The van der Waals surface area contributed by atoms with Crippen LogP contribution in [0.2, 0.25) is 0 Å². The van der Waals surface area contributed by atoms with Crippen LogP contribution >= 0.6 is 0 Å². The van der Waals surface area contributed by atoms with Gasteiger partial charge in [0.15, 0.2) is 11.6 Å². The van der Waals surface area contributed by atoms with Crippen LogP contribution in [0.3, 0.4) is 0 Å². The molecular formula is C32H34F4N4O6S. The number of sulfonamides is 1. The summed E-state index contributed by atoms with van der Waals surface area (Å²) in [5, 5.41) is 4.90. The number of likely N-dealkylation sites (N-methyl/N-ethyl adjacent to an activating group) is 1. The molecule has 3 aromatic carbocycles. The van der Waals surface area contributed by atoms with Crippen LogP contribution in [0, 0.1) is 23.3 Å². The van der Waals surface area contributed by atoms with Gasteiger partial charge in [-0.1, -0.05) is 18.2 Å². The van der Waals surface area contributed by atoms with E-state index in [-0.39, 0.29) is 47.5 Å². The number of carbonyl (C=O) groups excluding carboxylic acids is 2. The highest BCUT2D eigenvalue weighted by Gasteiger charge is 2.41. The molecule has 3 aromatic rings. The van der Waals surface area contributed by atoms with Gasteiger partial charge in [-0.15, -0.1) is 0 Å². The molecule has 2 bridgehead atoms. The van der Waals surface area contributed by atoms with Gasteiger partial charge in [-0.25, -0.2) is 30.8 Å². The van der Waals surface area contributed by atoms with Crippen LogP contribution in [-0.4, -0.2) is 87.4 Å². The van der Waals surface area contributed by atoms with Crippen LogP contribution in [0.5, 0.6) is 5.75 Å². The van der Waals surface area contributed by atoms with Crippen molar-refractivity contribution in [2.24, 2.45) is 0 Å². The summed E-state index contributed by atoms with van der Waals surface area (Å²) < 4.78 is 95.8. The molecule has 2 fully saturated rings. The SMILES string of the molecule is COC(=O)NC(C(=O)Nc1cccc(F)c1OCC1CN(C)C2CCCS(=O)(=O)N1C2)C(c1ccc(F)cc1)c1cc(F)cc(F)c1. The molecule has 0 aliphatic carbocycles. The lowest BCUT2D eigenvalue weighted by molar-refractivity contribution is -0.118. The second-order valence-electron chi connectivity index (χ2n) is 11.5. The maximum atomic E-state index is 15.3. The number of rotatable bonds is 9. The van der Waals surface area contributed by atoms with E-state index in [4.69, 9.17) is 9.47 Å². The van der Waals surface area contributed by atoms with Gasteiger partial charge in [-0.05, 0) is 67.4 Å². The highest BCUT2D eigenvalue weighted by atomic mass is 32.2. The van der Waals surface area contributed by atoms with Gasteiger partial charge in [0.05, 0.1) is 24.6 Å². The van der Waals surface area contributed by atoms with Gasteiger partial charge in [0.1, 0.15) is 30.1 Å². The summed E-state index contributed by atoms with van der Waals surface area (Å²) in [4.78, 5) is 28.5. The third-order valence-electron chi connectivity index (χ3n) is 8.41. The van der Waals surface area contributed by atoms with E-state index in [0.29, 0.717) is 19.0 Å². The van der Waals surface area contributed by atoms with Gasteiger partial charge in [0.2, 0.25) is 15.9 Å². The van der Waals surface area contributed by atoms with Crippen molar-refractivity contribution in [1.82, 2.24) is 14.5 Å². The number of ether oxygens (including phenoxy) is 2. The fourth-order valence-electron chi connectivity index (χ4n) is 6.11. The molecule has 15 heteroatoms. The van der Waals surface area contributed by atoms with Crippen LogP contribution in [0.4, 0.5) is 28.0 Å². The number of fused-ring (bicyclic) bond motifs is 2. The molecule has 0 spiro atoms. The van der Waals surface area contributed by atoms with Gasteiger partial charge in [0.25, 0.3) is 0 Å². The number of anilines is 1. The standard InChI is InChI=1S/C32H34F4N4O6S/c1-39-16-25(40-17-24(39)5-4-12-47(40,43)44)18-46-30-26(36)6-3-7-27(30)37-31(41)29(38-32(42)45-2)28(19-8-10-21(33)11-9-19)20-13-22(34)15-23(35)14-20/h3,6-11,13-15,24-25,28-29H,4-5,12,16-18H2,1-2H3,(H,37,41)(H,38,42). The first-order chi connectivity index (χ1) is 22.4. The maximum absolute atomic E-state index is 15.3. The third kappa shape index (κ3) is 7.85. The van der Waals surface area contributed by atoms with E-state index in [1.807, 2.05) is 11.9 Å². The van der Waals surface area contributed by atoms with Crippen molar-refractivity contribution < 1.29 is 45.0 Å². The number of benzene rings is 3. The Morgan fingerprint density at radius 2 is 1.66 bits per heavy atom. The lowest BCUT2D eigenvalue weighted by Gasteiger charge is -2.42. The number of hydrogen-bond donors (Lipinski definition) is 2. The Morgan fingerprint density at radius 1 is 0.957 bits per heavy atom. The van der Waals surface area contributed by atoms with E-state index >= 15 is 4.39 Å². The Balaban J connectivity index is 1.46. The zero-order chi connectivity index (χ0) is 33.9. The van der Waals surface area contributed by atoms with Crippen molar-refractivity contribution in [1.29, 1.82) is 0 Å². The van der Waals surface area contributed by atoms with Crippen LogP contribution in [0.25, 0.3) is 0 Å². The molecule has 2 aliphatic heterocycles. The Labute approximate surface area is 269 Å². The van der Waals surface area contributed by atoms with Crippen molar-refractivity contribution in [2.75, 3.05) is 44.9 Å². The first kappa shape index (κ1) is 34.1. The second-order valence-corrected chi connectivity index (χ2v) is 13.6. The zero-order valence-electron chi connectivity index (χ0n) is 25.6. The largest absolute Gasteiger partial charge is 0.487 e. The molecule has 0 aromatic heterocycles. The Hall–Kier alpha value is -4.21. The second kappa shape index (κ2) is 14.3. The molecule has 2 heterocycles. The van der Waals surface area contributed by atoms with E-state index < -0.39 is 63.3 Å². The first-order valence-corrected chi connectivity index (χ1v) is 16.4. The normalized spacial score (nSPS) is 22.0. The predicted molar refractivity (Wildman–Crippen MR) is 164 cm³/mol. The summed E-state index contributed by atoms with van der Waals surface area (Å²) in [7, 11) is -0.635. The Bertz CT molecular complexity index is 1710. The summed E-state index contributed by atoms with van der Waals surface area (Å²) in [6.07, 6.45) is 0.182. The lowest BCUT2D eigenvalue weighted by atomic mass is 9.84. The topological polar surface area (TPSA) is 117 Å². The molecule has 47 heavy (non-hydrogen) atoms. The minimum Gasteiger partial charge on any atom is -0.487 e. The summed E-state index contributed by atoms with van der Waals surface area (Å²) in [6.45, 7) is 0.388. The van der Waals surface area contributed by atoms with Gasteiger partial charge in [0, 0.05) is 31.1 Å². The predicted octanol–water partition coefficient (Wildman–Crippen LogP) is 4.23. The molecule has 5 rings (SSSR count). The molecule has 2 N–H and O–H groups in total. The van der Waals surface area contributed by atoms with E-state index in [0.717, 1.165) is 43.9 Å². The smallest absolute Gasteiger partial charge is 0.407 e. The van der Waals surface area contributed by atoms with Gasteiger partial charge < -0.3 is 25.0 Å². The fourth-order valence-corrected chi connectivity index (χ4v) is 7.85. The number of nitrogens with one attached hydrogen (secondary N) is 2. The molecule has 2 amide bonds. The minimum absolute atomic E-state index is 0.00609. The van der Waals surface area contributed by atoms with Crippen LogP contribution in [0.1, 0.15) is 29.9 Å². The van der Waals surface area contributed by atoms with E-state index in [2.05, 4.69) is 10.6 Å². The number of nitrogens with zero attached hydrogens (tertiary/aromatic N) is 2. The molecular weight excluding hydrogens is 644 g/mol. The zero-order valence-corrected chi connectivity index (χ0v) is 26.4. The van der Waals surface area contributed by atoms with Crippen LogP contribution in [-0.2, 0) is 19.6 Å². The molecule has 10 nitrogen and oxygen atoms in total. The molecule has 0 radical (unpaired) electrons. The Kier molecular flexibility index (Phi) is 10.4. The number of hydrogen-bond acceptors (Lipinski definition) is 7. The highest BCUT2D eigenvalue weighted by molar-refractivity contribution is 7.89. The van der Waals surface area contributed by atoms with E-state index in [1.165, 1.54) is 28.6 Å². The molecule has 5 atom stereocenters. The quantitative estimate of drug-likeness (QED) is 0.326. The van der Waals surface area contributed by atoms with Crippen molar-refractivity contribution in [3.05, 3.63) is 95.1 Å². The monoisotopic (exact) mass is 678 g/mol. The average molecular weight is 679 g/mol. The highest BCUT2D eigenvalue weighted by Crippen LogP contribution is 2.34. The van der Waals surface area contributed by atoms with Gasteiger partial charge >= 0.3 is 6.09 Å². The van der Waals surface area contributed by atoms with Crippen LogP contribution < -0.4 is 15.4 Å². The lowest BCUT2D eigenvalue weighted by Crippen LogP contribution is -2.59. The summed E-state index contributed by atoms with van der Waals surface area (Å²) in [5.74, 6) is -6.03. The van der Waals surface area contributed by atoms with Crippen LogP contribution in [0.15, 0.2) is 60.7 Å². The summed E-state index contributed by atoms with van der Waals surface area (Å²) in [5.41, 5.74) is -0.0162. The number of amides is 2. The summed E-state index contributed by atoms with van der Waals surface area (Å²) in [6, 6.07) is 8.84. The average Bonchev–Trinajstić information content (AvgIpc) is 3.15. The van der Waals surface area contributed by atoms with E-state index in [1.54, 1.807) is 0 Å². The molecule has 5 unspecified atom stereocenters. The maximum Gasteiger partial charge on any atom is 0.407 e. The number of alkyl carbamates (subject to hydrolysis) is 1. The first-order valence-electron chi connectivity index (χ1n) is 14.8.